The van der Waals surface area contributed by atoms with Gasteiger partial charge in [-0.05, 0) is 24.1 Å². The number of ketones is 1. The number of ether oxygens (including phenoxy) is 1. The molecule has 1 rings (SSSR count). The smallest absolute Gasteiger partial charge is 0.449 e. The van der Waals surface area contributed by atoms with Crippen LogP contribution in [0.3, 0.4) is 0 Å². The number of carbonyl (C=O) groups is 2. The molecule has 0 radical (unpaired) electrons. The maximum atomic E-state index is 12.1. The number of nitrogens with two attached hydrogens (primary N) is 1. The number of hydrogen-bond acceptors (Lipinski definition) is 3. The standard InChI is InChI=1S/C12H11ClF3NO3/c1-20-9-5-8(13)7(11(17)19)4-6(9)2-3-10(18)12(14,15)16/h4-5H,2-3H2,1H3,(H2,17,19). The van der Waals surface area contributed by atoms with Crippen molar-refractivity contribution in [2.75, 3.05) is 7.11 Å². The lowest BCUT2D eigenvalue weighted by Gasteiger charge is -2.11. The van der Waals surface area contributed by atoms with Gasteiger partial charge in [0.25, 0.3) is 0 Å². The number of halogens is 4. The third-order valence-corrected chi connectivity index (χ3v) is 2.89. The molecule has 0 saturated carbocycles. The second kappa shape index (κ2) is 6.13. The van der Waals surface area contributed by atoms with Crippen molar-refractivity contribution >= 4 is 23.3 Å². The SMILES string of the molecule is COc1cc(Cl)c(C(N)=O)cc1CCC(=O)C(F)(F)F. The Hall–Kier alpha value is -1.76. The normalized spacial score (nSPS) is 11.2. The van der Waals surface area contributed by atoms with E-state index in [9.17, 15) is 22.8 Å². The third-order valence-electron chi connectivity index (χ3n) is 2.57. The molecule has 0 aliphatic carbocycles. The summed E-state index contributed by atoms with van der Waals surface area (Å²) in [7, 11) is 1.30. The topological polar surface area (TPSA) is 69.4 Å². The zero-order valence-electron chi connectivity index (χ0n) is 10.4. The van der Waals surface area contributed by atoms with Gasteiger partial charge in [0.15, 0.2) is 0 Å². The van der Waals surface area contributed by atoms with Gasteiger partial charge >= 0.3 is 6.18 Å². The Balaban J connectivity index is 3.02. The molecule has 110 valence electrons. The van der Waals surface area contributed by atoms with Gasteiger partial charge in [-0.2, -0.15) is 13.2 Å². The van der Waals surface area contributed by atoms with Crippen molar-refractivity contribution in [2.45, 2.75) is 19.0 Å². The number of rotatable bonds is 5. The first kappa shape index (κ1) is 16.3. The summed E-state index contributed by atoms with van der Waals surface area (Å²) in [4.78, 5) is 22.0. The first-order valence-corrected chi connectivity index (χ1v) is 5.80. The van der Waals surface area contributed by atoms with Gasteiger partial charge in [-0.15, -0.1) is 0 Å². The summed E-state index contributed by atoms with van der Waals surface area (Å²) in [5.74, 6) is -2.48. The van der Waals surface area contributed by atoms with Gasteiger partial charge in [-0.25, -0.2) is 0 Å². The van der Waals surface area contributed by atoms with Gasteiger partial charge < -0.3 is 10.5 Å². The lowest BCUT2D eigenvalue weighted by atomic mass is 10.0. The molecule has 0 aliphatic heterocycles. The van der Waals surface area contributed by atoms with Gasteiger partial charge in [0.2, 0.25) is 11.7 Å². The van der Waals surface area contributed by atoms with Gasteiger partial charge in [0.1, 0.15) is 5.75 Å². The van der Waals surface area contributed by atoms with E-state index >= 15 is 0 Å². The number of aryl methyl sites for hydroxylation is 1. The lowest BCUT2D eigenvalue weighted by Crippen LogP contribution is -2.23. The molecular weight excluding hydrogens is 299 g/mol. The monoisotopic (exact) mass is 309 g/mol. The molecule has 1 aromatic carbocycles. The molecule has 4 nitrogen and oxygen atoms in total. The van der Waals surface area contributed by atoms with Crippen molar-refractivity contribution in [1.82, 2.24) is 0 Å². The number of hydrogen-bond donors (Lipinski definition) is 1. The molecule has 2 N–H and O–H groups in total. The molecular formula is C12H11ClF3NO3. The molecule has 0 aliphatic rings. The van der Waals surface area contributed by atoms with Crippen molar-refractivity contribution in [3.63, 3.8) is 0 Å². The molecule has 0 unspecified atom stereocenters. The number of benzene rings is 1. The average molecular weight is 310 g/mol. The van der Waals surface area contributed by atoms with Gasteiger partial charge in [-0.3, -0.25) is 9.59 Å². The summed E-state index contributed by atoms with van der Waals surface area (Å²) in [6, 6.07) is 2.50. The van der Waals surface area contributed by atoms with Crippen LogP contribution in [-0.4, -0.2) is 25.0 Å². The quantitative estimate of drug-likeness (QED) is 0.908. The van der Waals surface area contributed by atoms with Crippen LogP contribution in [0.2, 0.25) is 5.02 Å². The van der Waals surface area contributed by atoms with Gasteiger partial charge in [0.05, 0.1) is 17.7 Å². The van der Waals surface area contributed by atoms with Crippen LogP contribution in [0.15, 0.2) is 12.1 Å². The van der Waals surface area contributed by atoms with E-state index in [0.29, 0.717) is 0 Å². The highest BCUT2D eigenvalue weighted by Gasteiger charge is 2.37. The number of carbonyl (C=O) groups excluding carboxylic acids is 2. The van der Waals surface area contributed by atoms with E-state index in [2.05, 4.69) is 0 Å². The molecule has 1 amide bonds. The molecule has 1 aromatic rings. The molecule has 20 heavy (non-hydrogen) atoms. The van der Waals surface area contributed by atoms with E-state index in [1.807, 2.05) is 0 Å². The maximum Gasteiger partial charge on any atom is 0.449 e. The molecule has 0 aromatic heterocycles. The second-order valence-electron chi connectivity index (χ2n) is 3.93. The molecule has 0 bridgehead atoms. The van der Waals surface area contributed by atoms with Crippen molar-refractivity contribution in [3.05, 3.63) is 28.3 Å². The number of Topliss-reactive ketones (excluding diaryl/α,β-unsaturated/α-hetero) is 1. The van der Waals surface area contributed by atoms with Crippen LogP contribution in [-0.2, 0) is 11.2 Å². The second-order valence-corrected chi connectivity index (χ2v) is 4.34. The molecule has 0 fully saturated rings. The van der Waals surface area contributed by atoms with Gasteiger partial charge in [-0.1, -0.05) is 11.6 Å². The molecule has 0 heterocycles. The fraction of sp³-hybridized carbons (Fsp3) is 0.333. The van der Waals surface area contributed by atoms with E-state index in [4.69, 9.17) is 22.1 Å². The Morgan fingerprint density at radius 3 is 2.40 bits per heavy atom. The highest BCUT2D eigenvalue weighted by molar-refractivity contribution is 6.34. The predicted molar refractivity (Wildman–Crippen MR) is 65.9 cm³/mol. The number of amides is 1. The molecule has 0 spiro atoms. The summed E-state index contributed by atoms with van der Waals surface area (Å²) in [5, 5.41) is 0.0280. The fourth-order valence-corrected chi connectivity index (χ4v) is 1.81. The first-order chi connectivity index (χ1) is 9.16. The Morgan fingerprint density at radius 2 is 1.95 bits per heavy atom. The fourth-order valence-electron chi connectivity index (χ4n) is 1.56. The Bertz CT molecular complexity index is 543. The maximum absolute atomic E-state index is 12.1. The Labute approximate surface area is 117 Å². The highest BCUT2D eigenvalue weighted by atomic mass is 35.5. The number of methoxy groups -OCH3 is 1. The minimum Gasteiger partial charge on any atom is -0.496 e. The van der Waals surface area contributed by atoms with Crippen molar-refractivity contribution in [2.24, 2.45) is 5.73 Å². The van der Waals surface area contributed by atoms with Crippen molar-refractivity contribution in [3.8, 4) is 5.75 Å². The van der Waals surface area contributed by atoms with Crippen LogP contribution in [0.1, 0.15) is 22.3 Å². The van der Waals surface area contributed by atoms with Gasteiger partial charge in [0, 0.05) is 6.42 Å². The molecule has 0 saturated heterocycles. The van der Waals surface area contributed by atoms with E-state index in [-0.39, 0.29) is 28.3 Å². The summed E-state index contributed by atoms with van der Waals surface area (Å²) in [6.45, 7) is 0. The molecule has 8 heteroatoms. The third kappa shape index (κ3) is 3.86. The number of alkyl halides is 3. The molecule has 0 atom stereocenters. The summed E-state index contributed by atoms with van der Waals surface area (Å²) < 4.78 is 41.3. The number of primary amides is 1. The van der Waals surface area contributed by atoms with E-state index in [1.54, 1.807) is 0 Å². The Kier molecular flexibility index (Phi) is 4.99. The minimum atomic E-state index is -4.88. The minimum absolute atomic E-state index is 0.0280. The van der Waals surface area contributed by atoms with Crippen molar-refractivity contribution < 1.29 is 27.5 Å². The van der Waals surface area contributed by atoms with E-state index < -0.39 is 24.3 Å². The summed E-state index contributed by atoms with van der Waals surface area (Å²) in [5.41, 5.74) is 5.30. The average Bonchev–Trinajstić information content (AvgIpc) is 2.34. The van der Waals surface area contributed by atoms with Crippen molar-refractivity contribution in [1.29, 1.82) is 0 Å². The largest absolute Gasteiger partial charge is 0.496 e. The first-order valence-electron chi connectivity index (χ1n) is 5.43. The highest BCUT2D eigenvalue weighted by Crippen LogP contribution is 2.29. The zero-order chi connectivity index (χ0) is 15.5. The van der Waals surface area contributed by atoms with Crippen LogP contribution in [0.25, 0.3) is 0 Å². The summed E-state index contributed by atoms with van der Waals surface area (Å²) in [6.07, 6.45) is -5.87. The Morgan fingerprint density at radius 1 is 1.35 bits per heavy atom. The zero-order valence-corrected chi connectivity index (χ0v) is 11.1. The van der Waals surface area contributed by atoms with Crippen LogP contribution < -0.4 is 10.5 Å². The van der Waals surface area contributed by atoms with E-state index in [0.717, 1.165) is 0 Å². The lowest BCUT2D eigenvalue weighted by molar-refractivity contribution is -0.171. The van der Waals surface area contributed by atoms with E-state index in [1.165, 1.54) is 19.2 Å². The van der Waals surface area contributed by atoms with Crippen LogP contribution in [0, 0.1) is 0 Å². The predicted octanol–water partition coefficient (Wildman–Crippen LogP) is 2.51. The van der Waals surface area contributed by atoms with Crippen LogP contribution in [0.5, 0.6) is 5.75 Å². The van der Waals surface area contributed by atoms with Crippen LogP contribution >= 0.6 is 11.6 Å². The summed E-state index contributed by atoms with van der Waals surface area (Å²) >= 11 is 5.78. The van der Waals surface area contributed by atoms with Crippen LogP contribution in [0.4, 0.5) is 13.2 Å².